The van der Waals surface area contributed by atoms with Crippen LogP contribution in [0, 0.1) is 12.7 Å². The van der Waals surface area contributed by atoms with E-state index in [4.69, 9.17) is 5.11 Å². The molecule has 5 heteroatoms. The molecule has 0 fully saturated rings. The smallest absolute Gasteiger partial charge is 0.328 e. The summed E-state index contributed by atoms with van der Waals surface area (Å²) in [6.45, 7) is 3.55. The van der Waals surface area contributed by atoms with Crippen LogP contribution in [-0.2, 0) is 4.79 Å². The standard InChI is InChI=1S/C14H12FNO2S/c1-8(6-12(17)18)14-13(16-9(2)19-14)10-4-3-5-11(15)7-10/h3-7H,1-2H3,(H,17,18)/b8-6+. The highest BCUT2D eigenvalue weighted by Gasteiger charge is 2.14. The molecule has 0 unspecified atom stereocenters. The first-order valence-electron chi connectivity index (χ1n) is 5.62. The zero-order valence-corrected chi connectivity index (χ0v) is 11.3. The maximum Gasteiger partial charge on any atom is 0.328 e. The Morgan fingerprint density at radius 1 is 1.47 bits per heavy atom. The number of rotatable bonds is 3. The lowest BCUT2D eigenvalue weighted by Gasteiger charge is -2.02. The molecule has 3 nitrogen and oxygen atoms in total. The molecule has 0 saturated heterocycles. The average molecular weight is 277 g/mol. The van der Waals surface area contributed by atoms with Gasteiger partial charge in [-0.3, -0.25) is 0 Å². The lowest BCUT2D eigenvalue weighted by Crippen LogP contribution is -1.90. The highest BCUT2D eigenvalue weighted by atomic mass is 32.1. The molecule has 0 aliphatic heterocycles. The zero-order valence-electron chi connectivity index (χ0n) is 10.5. The maximum absolute atomic E-state index is 13.3. The van der Waals surface area contributed by atoms with Gasteiger partial charge in [-0.05, 0) is 31.6 Å². The van der Waals surface area contributed by atoms with Crippen molar-refractivity contribution in [3.63, 3.8) is 0 Å². The number of aryl methyl sites for hydroxylation is 1. The fourth-order valence-corrected chi connectivity index (χ4v) is 2.69. The molecule has 0 saturated carbocycles. The van der Waals surface area contributed by atoms with Crippen molar-refractivity contribution in [2.45, 2.75) is 13.8 Å². The number of carboxylic acids is 1. The van der Waals surface area contributed by atoms with Gasteiger partial charge in [-0.25, -0.2) is 14.2 Å². The van der Waals surface area contributed by atoms with E-state index >= 15 is 0 Å². The molecule has 2 aromatic rings. The molecular weight excluding hydrogens is 265 g/mol. The largest absolute Gasteiger partial charge is 0.478 e. The summed E-state index contributed by atoms with van der Waals surface area (Å²) in [5, 5.41) is 9.62. The first-order chi connectivity index (χ1) is 8.97. The van der Waals surface area contributed by atoms with E-state index in [0.717, 1.165) is 16.0 Å². The van der Waals surface area contributed by atoms with E-state index in [9.17, 15) is 9.18 Å². The summed E-state index contributed by atoms with van der Waals surface area (Å²) in [5.41, 5.74) is 1.88. The lowest BCUT2D eigenvalue weighted by atomic mass is 10.1. The minimum absolute atomic E-state index is 0.339. The monoisotopic (exact) mass is 277 g/mol. The van der Waals surface area contributed by atoms with Crippen LogP contribution in [0.5, 0.6) is 0 Å². The van der Waals surface area contributed by atoms with Gasteiger partial charge in [-0.1, -0.05) is 12.1 Å². The predicted molar refractivity (Wildman–Crippen MR) is 73.5 cm³/mol. The molecule has 2 rings (SSSR count). The SMILES string of the molecule is C/C(=C\C(=O)O)c1sc(C)nc1-c1cccc(F)c1. The molecule has 0 radical (unpaired) electrons. The van der Waals surface area contributed by atoms with Crippen molar-refractivity contribution < 1.29 is 14.3 Å². The average Bonchev–Trinajstić information content (AvgIpc) is 2.70. The second-order valence-corrected chi connectivity index (χ2v) is 5.29. The Morgan fingerprint density at radius 2 is 2.21 bits per heavy atom. The summed E-state index contributed by atoms with van der Waals surface area (Å²) >= 11 is 1.40. The number of benzene rings is 1. The summed E-state index contributed by atoms with van der Waals surface area (Å²) in [6.07, 6.45) is 1.13. The quantitative estimate of drug-likeness (QED) is 0.869. The molecule has 19 heavy (non-hydrogen) atoms. The van der Waals surface area contributed by atoms with Gasteiger partial charge in [0, 0.05) is 11.6 Å². The number of carbonyl (C=O) groups is 1. The van der Waals surface area contributed by atoms with E-state index in [0.29, 0.717) is 16.8 Å². The third kappa shape index (κ3) is 3.06. The van der Waals surface area contributed by atoms with E-state index in [1.165, 1.54) is 23.5 Å². The van der Waals surface area contributed by atoms with Gasteiger partial charge in [-0.2, -0.15) is 0 Å². The summed E-state index contributed by atoms with van der Waals surface area (Å²) < 4.78 is 13.3. The Hall–Kier alpha value is -2.01. The fourth-order valence-electron chi connectivity index (χ4n) is 1.78. The number of carboxylic acid groups (broad SMARTS) is 1. The first-order valence-corrected chi connectivity index (χ1v) is 6.44. The van der Waals surface area contributed by atoms with Gasteiger partial charge >= 0.3 is 5.97 Å². The lowest BCUT2D eigenvalue weighted by molar-refractivity contribution is -0.131. The number of allylic oxidation sites excluding steroid dienone is 1. The van der Waals surface area contributed by atoms with Crippen molar-refractivity contribution in [1.82, 2.24) is 4.98 Å². The predicted octanol–water partition coefficient (Wildman–Crippen LogP) is 3.75. The highest BCUT2D eigenvalue weighted by Crippen LogP contribution is 2.33. The van der Waals surface area contributed by atoms with Crippen molar-refractivity contribution in [3.05, 3.63) is 46.0 Å². The minimum atomic E-state index is -1.01. The van der Waals surface area contributed by atoms with Crippen molar-refractivity contribution in [2.75, 3.05) is 0 Å². The zero-order chi connectivity index (χ0) is 14.0. The van der Waals surface area contributed by atoms with Gasteiger partial charge < -0.3 is 5.11 Å². The molecule has 0 amide bonds. The minimum Gasteiger partial charge on any atom is -0.478 e. The number of hydrogen-bond donors (Lipinski definition) is 1. The number of nitrogens with zero attached hydrogens (tertiary/aromatic N) is 1. The number of aromatic nitrogens is 1. The van der Waals surface area contributed by atoms with E-state index in [1.807, 2.05) is 6.92 Å². The third-order valence-corrected chi connectivity index (χ3v) is 3.64. The number of halogens is 1. The van der Waals surface area contributed by atoms with Crippen LogP contribution < -0.4 is 0 Å². The van der Waals surface area contributed by atoms with Crippen molar-refractivity contribution in [2.24, 2.45) is 0 Å². The van der Waals surface area contributed by atoms with Crippen LogP contribution in [0.25, 0.3) is 16.8 Å². The third-order valence-electron chi connectivity index (χ3n) is 2.53. The van der Waals surface area contributed by atoms with Crippen LogP contribution in [0.4, 0.5) is 4.39 Å². The Balaban J connectivity index is 2.56. The second-order valence-electron chi connectivity index (χ2n) is 4.09. The van der Waals surface area contributed by atoms with Crippen LogP contribution >= 0.6 is 11.3 Å². The van der Waals surface area contributed by atoms with E-state index in [1.54, 1.807) is 19.1 Å². The number of thiazole rings is 1. The van der Waals surface area contributed by atoms with E-state index in [2.05, 4.69) is 4.98 Å². The molecule has 98 valence electrons. The summed E-state index contributed by atoms with van der Waals surface area (Å²) in [4.78, 5) is 15.9. The maximum atomic E-state index is 13.3. The molecule has 0 atom stereocenters. The van der Waals surface area contributed by atoms with Crippen molar-refractivity contribution in [3.8, 4) is 11.3 Å². The van der Waals surface area contributed by atoms with Crippen molar-refractivity contribution >= 4 is 22.9 Å². The molecule has 1 N–H and O–H groups in total. The molecule has 0 spiro atoms. The molecule has 0 bridgehead atoms. The van der Waals surface area contributed by atoms with Crippen LogP contribution in [0.2, 0.25) is 0 Å². The number of hydrogen-bond acceptors (Lipinski definition) is 3. The van der Waals surface area contributed by atoms with Crippen LogP contribution in [-0.4, -0.2) is 16.1 Å². The van der Waals surface area contributed by atoms with Gasteiger partial charge in [0.25, 0.3) is 0 Å². The normalized spacial score (nSPS) is 11.6. The summed E-state index contributed by atoms with van der Waals surface area (Å²) in [7, 11) is 0. The Morgan fingerprint density at radius 3 is 2.84 bits per heavy atom. The van der Waals surface area contributed by atoms with E-state index in [-0.39, 0.29) is 5.82 Å². The summed E-state index contributed by atoms with van der Waals surface area (Å²) in [5.74, 6) is -1.34. The number of aliphatic carboxylic acids is 1. The van der Waals surface area contributed by atoms with Crippen LogP contribution in [0.15, 0.2) is 30.3 Å². The first kappa shape index (κ1) is 13.4. The van der Waals surface area contributed by atoms with Gasteiger partial charge in [-0.15, -0.1) is 11.3 Å². The topological polar surface area (TPSA) is 50.2 Å². The fraction of sp³-hybridized carbons (Fsp3) is 0.143. The molecule has 0 aliphatic rings. The highest BCUT2D eigenvalue weighted by molar-refractivity contribution is 7.13. The Labute approximate surface area is 114 Å². The van der Waals surface area contributed by atoms with Crippen molar-refractivity contribution in [1.29, 1.82) is 0 Å². The second kappa shape index (κ2) is 5.32. The molecule has 1 aromatic carbocycles. The van der Waals surface area contributed by atoms with Crippen LogP contribution in [0.3, 0.4) is 0 Å². The Bertz CT molecular complexity index is 661. The van der Waals surface area contributed by atoms with Crippen LogP contribution in [0.1, 0.15) is 16.8 Å². The van der Waals surface area contributed by atoms with E-state index < -0.39 is 5.97 Å². The Kier molecular flexibility index (Phi) is 3.76. The van der Waals surface area contributed by atoms with Gasteiger partial charge in [0.15, 0.2) is 0 Å². The molecular formula is C14H12FNO2S. The van der Waals surface area contributed by atoms with Gasteiger partial charge in [0.1, 0.15) is 5.82 Å². The molecule has 0 aliphatic carbocycles. The van der Waals surface area contributed by atoms with Gasteiger partial charge in [0.2, 0.25) is 0 Å². The summed E-state index contributed by atoms with van der Waals surface area (Å²) in [6, 6.07) is 6.13. The molecule has 1 heterocycles. The van der Waals surface area contributed by atoms with Gasteiger partial charge in [0.05, 0.1) is 15.6 Å². The molecule has 1 aromatic heterocycles.